The first-order valence-corrected chi connectivity index (χ1v) is 6.56. The summed E-state index contributed by atoms with van der Waals surface area (Å²) in [5, 5.41) is 0. The molecule has 0 amide bonds. The van der Waals surface area contributed by atoms with E-state index in [1.807, 2.05) is 39.0 Å². The molecular formula is C15H21N3O. The van der Waals surface area contributed by atoms with Crippen LogP contribution in [0.4, 0.5) is 0 Å². The Morgan fingerprint density at radius 3 is 2.84 bits per heavy atom. The van der Waals surface area contributed by atoms with E-state index in [0.29, 0.717) is 6.61 Å². The van der Waals surface area contributed by atoms with E-state index in [9.17, 15) is 0 Å². The number of hydrogen-bond acceptors (Lipinski definition) is 3. The molecular weight excluding hydrogens is 238 g/mol. The van der Waals surface area contributed by atoms with E-state index < -0.39 is 0 Å². The molecule has 0 spiro atoms. The lowest BCUT2D eigenvalue weighted by atomic mass is 10.2. The number of aromatic nitrogens is 2. The van der Waals surface area contributed by atoms with Crippen molar-refractivity contribution in [1.82, 2.24) is 9.55 Å². The molecule has 1 aromatic carbocycles. The Morgan fingerprint density at radius 2 is 2.26 bits per heavy atom. The van der Waals surface area contributed by atoms with E-state index >= 15 is 0 Å². The predicted octanol–water partition coefficient (Wildman–Crippen LogP) is 3.03. The number of nitrogens with zero attached hydrogens (tertiary/aromatic N) is 2. The van der Waals surface area contributed by atoms with Crippen molar-refractivity contribution in [2.75, 3.05) is 6.61 Å². The second-order valence-corrected chi connectivity index (χ2v) is 4.89. The molecule has 0 aliphatic rings. The summed E-state index contributed by atoms with van der Waals surface area (Å²) in [6, 6.07) is 5.84. The molecule has 1 atom stereocenters. The molecule has 1 heterocycles. The topological polar surface area (TPSA) is 53.1 Å². The van der Waals surface area contributed by atoms with E-state index in [1.54, 1.807) is 0 Å². The molecule has 2 aromatic rings. The molecule has 0 aliphatic heterocycles. The Labute approximate surface area is 113 Å². The Balaban J connectivity index is 2.56. The molecule has 0 saturated heterocycles. The molecule has 19 heavy (non-hydrogen) atoms. The van der Waals surface area contributed by atoms with Gasteiger partial charge in [0, 0.05) is 12.6 Å². The average molecular weight is 259 g/mol. The van der Waals surface area contributed by atoms with Crippen LogP contribution < -0.4 is 10.5 Å². The smallest absolute Gasteiger partial charge is 0.126 e. The molecule has 0 bridgehead atoms. The van der Waals surface area contributed by atoms with Crippen molar-refractivity contribution in [2.24, 2.45) is 5.73 Å². The number of allylic oxidation sites excluding steroid dienone is 1. The van der Waals surface area contributed by atoms with Crippen molar-refractivity contribution >= 4 is 11.0 Å². The summed E-state index contributed by atoms with van der Waals surface area (Å²) in [7, 11) is 0. The van der Waals surface area contributed by atoms with Crippen LogP contribution in [0.2, 0.25) is 0 Å². The summed E-state index contributed by atoms with van der Waals surface area (Å²) in [6.45, 7) is 11.3. The van der Waals surface area contributed by atoms with E-state index in [4.69, 9.17) is 10.5 Å². The fourth-order valence-electron chi connectivity index (χ4n) is 2.17. The van der Waals surface area contributed by atoms with Crippen molar-refractivity contribution in [2.45, 2.75) is 33.4 Å². The highest BCUT2D eigenvalue weighted by molar-refractivity contribution is 5.78. The summed E-state index contributed by atoms with van der Waals surface area (Å²) in [6.07, 6.45) is 0. The van der Waals surface area contributed by atoms with E-state index in [1.165, 1.54) is 0 Å². The van der Waals surface area contributed by atoms with Crippen LogP contribution in [-0.2, 0) is 6.54 Å². The number of rotatable bonds is 5. The van der Waals surface area contributed by atoms with Crippen LogP contribution in [0.5, 0.6) is 5.75 Å². The Morgan fingerprint density at radius 1 is 1.53 bits per heavy atom. The van der Waals surface area contributed by atoms with Gasteiger partial charge in [-0.15, -0.1) is 0 Å². The van der Waals surface area contributed by atoms with Gasteiger partial charge >= 0.3 is 0 Å². The first-order valence-electron chi connectivity index (χ1n) is 6.56. The van der Waals surface area contributed by atoms with Gasteiger partial charge in [0.1, 0.15) is 11.6 Å². The monoisotopic (exact) mass is 259 g/mol. The third-order valence-corrected chi connectivity index (χ3v) is 2.90. The van der Waals surface area contributed by atoms with Crippen LogP contribution >= 0.6 is 0 Å². The Kier molecular flexibility index (Phi) is 3.90. The molecule has 1 unspecified atom stereocenters. The van der Waals surface area contributed by atoms with E-state index in [-0.39, 0.29) is 6.04 Å². The van der Waals surface area contributed by atoms with Gasteiger partial charge in [-0.05, 0) is 32.9 Å². The molecule has 4 nitrogen and oxygen atoms in total. The quantitative estimate of drug-likeness (QED) is 0.840. The fourth-order valence-corrected chi connectivity index (χ4v) is 2.17. The molecule has 2 rings (SSSR count). The molecule has 4 heteroatoms. The van der Waals surface area contributed by atoms with Crippen molar-refractivity contribution in [3.63, 3.8) is 0 Å². The molecule has 0 fully saturated rings. The number of benzene rings is 1. The number of ether oxygens (including phenoxy) is 1. The third-order valence-electron chi connectivity index (χ3n) is 2.90. The second-order valence-electron chi connectivity index (χ2n) is 4.89. The lowest BCUT2D eigenvalue weighted by Crippen LogP contribution is -2.14. The number of imidazole rings is 1. The van der Waals surface area contributed by atoms with Crippen molar-refractivity contribution in [3.05, 3.63) is 36.2 Å². The minimum absolute atomic E-state index is 0.109. The predicted molar refractivity (Wildman–Crippen MR) is 78.3 cm³/mol. The minimum atomic E-state index is -0.109. The zero-order chi connectivity index (χ0) is 14.0. The lowest BCUT2D eigenvalue weighted by Gasteiger charge is -2.11. The van der Waals surface area contributed by atoms with Crippen LogP contribution in [0.15, 0.2) is 30.4 Å². The number of hydrogen-bond donors (Lipinski definition) is 1. The largest absolute Gasteiger partial charge is 0.494 e. The summed E-state index contributed by atoms with van der Waals surface area (Å²) < 4.78 is 7.63. The third kappa shape index (κ3) is 2.79. The van der Waals surface area contributed by atoms with Gasteiger partial charge < -0.3 is 15.0 Å². The summed E-state index contributed by atoms with van der Waals surface area (Å²) in [5.74, 6) is 1.72. The van der Waals surface area contributed by atoms with Gasteiger partial charge in [-0.3, -0.25) is 0 Å². The van der Waals surface area contributed by atoms with Crippen LogP contribution in [0.25, 0.3) is 11.0 Å². The lowest BCUT2D eigenvalue weighted by molar-refractivity contribution is 0.340. The van der Waals surface area contributed by atoms with Crippen LogP contribution in [0.3, 0.4) is 0 Å². The standard InChI is InChI=1S/C15H21N3O/c1-5-19-12-6-7-14-13(8-12)17-15(11(4)16)18(14)9-10(2)3/h6-8,11H,2,5,9,16H2,1,3-4H3. The van der Waals surface area contributed by atoms with E-state index in [0.717, 1.165) is 34.7 Å². The SMILES string of the molecule is C=C(C)Cn1c(C(C)N)nc2cc(OCC)ccc21. The Bertz CT molecular complexity index is 599. The molecule has 2 N–H and O–H groups in total. The maximum absolute atomic E-state index is 6.01. The summed E-state index contributed by atoms with van der Waals surface area (Å²) in [5.41, 5.74) is 9.07. The number of fused-ring (bicyclic) bond motifs is 1. The van der Waals surface area contributed by atoms with Gasteiger partial charge in [-0.1, -0.05) is 12.2 Å². The Hall–Kier alpha value is -1.81. The highest BCUT2D eigenvalue weighted by Gasteiger charge is 2.14. The van der Waals surface area contributed by atoms with Gasteiger partial charge in [0.25, 0.3) is 0 Å². The molecule has 1 aromatic heterocycles. The maximum atomic E-state index is 6.01. The molecule has 0 aliphatic carbocycles. The van der Waals surface area contributed by atoms with Crippen LogP contribution in [-0.4, -0.2) is 16.2 Å². The van der Waals surface area contributed by atoms with Crippen molar-refractivity contribution in [3.8, 4) is 5.75 Å². The van der Waals surface area contributed by atoms with Gasteiger partial charge in [0.15, 0.2) is 0 Å². The van der Waals surface area contributed by atoms with Crippen molar-refractivity contribution in [1.29, 1.82) is 0 Å². The number of nitrogens with two attached hydrogens (primary N) is 1. The normalized spacial score (nSPS) is 12.6. The first kappa shape index (κ1) is 13.6. The molecule has 0 radical (unpaired) electrons. The van der Waals surface area contributed by atoms with E-state index in [2.05, 4.69) is 16.1 Å². The van der Waals surface area contributed by atoms with Gasteiger partial charge in [0.2, 0.25) is 0 Å². The van der Waals surface area contributed by atoms with Crippen LogP contribution in [0, 0.1) is 0 Å². The highest BCUT2D eigenvalue weighted by Crippen LogP contribution is 2.24. The van der Waals surface area contributed by atoms with Gasteiger partial charge in [-0.25, -0.2) is 4.98 Å². The first-order chi connectivity index (χ1) is 9.02. The fraction of sp³-hybridized carbons (Fsp3) is 0.400. The zero-order valence-corrected chi connectivity index (χ0v) is 11.8. The molecule has 0 saturated carbocycles. The van der Waals surface area contributed by atoms with Gasteiger partial charge in [0.05, 0.1) is 23.7 Å². The van der Waals surface area contributed by atoms with Crippen molar-refractivity contribution < 1.29 is 4.74 Å². The second kappa shape index (κ2) is 5.45. The molecule has 102 valence electrons. The summed E-state index contributed by atoms with van der Waals surface area (Å²) in [4.78, 5) is 4.62. The zero-order valence-electron chi connectivity index (χ0n) is 11.8. The van der Waals surface area contributed by atoms with Crippen LogP contribution in [0.1, 0.15) is 32.6 Å². The highest BCUT2D eigenvalue weighted by atomic mass is 16.5. The minimum Gasteiger partial charge on any atom is -0.494 e. The average Bonchev–Trinajstić information content (AvgIpc) is 2.67. The van der Waals surface area contributed by atoms with Gasteiger partial charge in [-0.2, -0.15) is 0 Å². The maximum Gasteiger partial charge on any atom is 0.126 e. The summed E-state index contributed by atoms with van der Waals surface area (Å²) >= 11 is 0.